The standard InChI is InChI=1S/C18H23N.ClH/c1-18(2,19)14-13-17(15-9-5-3-6-10-15)16-11-7-4-8-12-16;/h3-12,17H,13-14,19H2,1-2H3;1H. The Morgan fingerprint density at radius 3 is 1.60 bits per heavy atom. The van der Waals surface area contributed by atoms with Crippen LogP contribution in [0.25, 0.3) is 0 Å². The number of rotatable bonds is 5. The van der Waals surface area contributed by atoms with Gasteiger partial charge in [-0.05, 0) is 37.8 Å². The molecule has 0 aliphatic rings. The Kier molecular flexibility index (Phi) is 6.25. The molecule has 0 radical (unpaired) electrons. The van der Waals surface area contributed by atoms with E-state index < -0.39 is 0 Å². The lowest BCUT2D eigenvalue weighted by Crippen LogP contribution is -2.32. The van der Waals surface area contributed by atoms with Crippen molar-refractivity contribution < 1.29 is 0 Å². The van der Waals surface area contributed by atoms with Crippen LogP contribution in [0.1, 0.15) is 43.7 Å². The third-order valence-corrected chi connectivity index (χ3v) is 3.48. The van der Waals surface area contributed by atoms with Gasteiger partial charge in [0.05, 0.1) is 0 Å². The largest absolute Gasteiger partial charge is 0.326 e. The molecule has 1 nitrogen and oxygen atoms in total. The Morgan fingerprint density at radius 1 is 0.850 bits per heavy atom. The monoisotopic (exact) mass is 289 g/mol. The molecule has 2 aromatic carbocycles. The fourth-order valence-corrected chi connectivity index (χ4v) is 2.41. The van der Waals surface area contributed by atoms with Crippen LogP contribution in [-0.4, -0.2) is 5.54 Å². The summed E-state index contributed by atoms with van der Waals surface area (Å²) in [6.07, 6.45) is 2.10. The van der Waals surface area contributed by atoms with Crippen molar-refractivity contribution in [3.05, 3.63) is 71.8 Å². The van der Waals surface area contributed by atoms with Crippen molar-refractivity contribution in [3.8, 4) is 0 Å². The van der Waals surface area contributed by atoms with Crippen LogP contribution in [0.5, 0.6) is 0 Å². The van der Waals surface area contributed by atoms with Crippen LogP contribution >= 0.6 is 12.4 Å². The van der Waals surface area contributed by atoms with E-state index in [0.29, 0.717) is 5.92 Å². The van der Waals surface area contributed by atoms with Crippen molar-refractivity contribution in [2.24, 2.45) is 5.73 Å². The summed E-state index contributed by atoms with van der Waals surface area (Å²) in [5, 5.41) is 0. The van der Waals surface area contributed by atoms with E-state index >= 15 is 0 Å². The topological polar surface area (TPSA) is 26.0 Å². The average molecular weight is 290 g/mol. The van der Waals surface area contributed by atoms with Crippen molar-refractivity contribution in [2.45, 2.75) is 38.1 Å². The van der Waals surface area contributed by atoms with Crippen LogP contribution in [0.15, 0.2) is 60.7 Å². The first kappa shape index (κ1) is 16.7. The first-order valence-electron chi connectivity index (χ1n) is 6.95. The Bertz CT molecular complexity index is 448. The minimum atomic E-state index is -0.109. The molecule has 0 unspecified atom stereocenters. The summed E-state index contributed by atoms with van der Waals surface area (Å²) in [6, 6.07) is 21.4. The molecule has 2 heteroatoms. The van der Waals surface area contributed by atoms with Crippen LogP contribution in [0.4, 0.5) is 0 Å². The average Bonchev–Trinajstić information content (AvgIpc) is 2.40. The van der Waals surface area contributed by atoms with Gasteiger partial charge in [-0.15, -0.1) is 12.4 Å². The number of hydrogen-bond acceptors (Lipinski definition) is 1. The zero-order valence-electron chi connectivity index (χ0n) is 12.3. The molecule has 0 amide bonds. The molecule has 0 saturated carbocycles. The summed E-state index contributed by atoms with van der Waals surface area (Å²) in [5.74, 6) is 0.435. The molecule has 0 aromatic heterocycles. The van der Waals surface area contributed by atoms with Gasteiger partial charge in [-0.25, -0.2) is 0 Å². The second-order valence-electron chi connectivity index (χ2n) is 5.90. The fraction of sp³-hybridized carbons (Fsp3) is 0.333. The molecule has 2 rings (SSSR count). The van der Waals surface area contributed by atoms with E-state index in [9.17, 15) is 0 Å². The van der Waals surface area contributed by atoms with Crippen molar-refractivity contribution in [2.75, 3.05) is 0 Å². The van der Waals surface area contributed by atoms with Gasteiger partial charge < -0.3 is 5.73 Å². The molecule has 2 N–H and O–H groups in total. The molecule has 0 aliphatic carbocycles. The summed E-state index contributed by atoms with van der Waals surface area (Å²) in [6.45, 7) is 4.19. The van der Waals surface area contributed by atoms with E-state index in [1.165, 1.54) is 11.1 Å². The Labute approximate surface area is 128 Å². The lowest BCUT2D eigenvalue weighted by molar-refractivity contribution is 0.445. The molecule has 0 fully saturated rings. The van der Waals surface area contributed by atoms with Crippen LogP contribution < -0.4 is 5.73 Å². The second kappa shape index (κ2) is 7.47. The maximum Gasteiger partial charge on any atom is 0.00973 e. The number of halogens is 1. The normalized spacial score (nSPS) is 11.2. The van der Waals surface area contributed by atoms with Crippen molar-refractivity contribution in [1.82, 2.24) is 0 Å². The summed E-state index contributed by atoms with van der Waals surface area (Å²) in [7, 11) is 0. The van der Waals surface area contributed by atoms with E-state index in [2.05, 4.69) is 74.5 Å². The van der Waals surface area contributed by atoms with E-state index in [1.807, 2.05) is 0 Å². The third kappa shape index (κ3) is 4.99. The molecule has 0 heterocycles. The molecule has 0 spiro atoms. The highest BCUT2D eigenvalue weighted by Crippen LogP contribution is 2.30. The molecular formula is C18H24ClN. The lowest BCUT2D eigenvalue weighted by Gasteiger charge is -2.24. The molecule has 0 aliphatic heterocycles. The zero-order chi connectivity index (χ0) is 13.7. The van der Waals surface area contributed by atoms with E-state index in [-0.39, 0.29) is 17.9 Å². The van der Waals surface area contributed by atoms with Gasteiger partial charge in [0, 0.05) is 11.5 Å². The van der Waals surface area contributed by atoms with E-state index in [4.69, 9.17) is 5.73 Å². The second-order valence-corrected chi connectivity index (χ2v) is 5.90. The SMILES string of the molecule is CC(C)(N)CCC(c1ccccc1)c1ccccc1.Cl. The highest BCUT2D eigenvalue weighted by atomic mass is 35.5. The van der Waals surface area contributed by atoms with Gasteiger partial charge in [0.25, 0.3) is 0 Å². The first-order valence-corrected chi connectivity index (χ1v) is 6.95. The summed E-state index contributed by atoms with van der Waals surface area (Å²) in [4.78, 5) is 0. The predicted octanol–water partition coefficient (Wildman–Crippen LogP) is 4.76. The molecule has 0 bridgehead atoms. The quantitative estimate of drug-likeness (QED) is 0.844. The van der Waals surface area contributed by atoms with Crippen molar-refractivity contribution in [1.29, 1.82) is 0 Å². The van der Waals surface area contributed by atoms with E-state index in [1.54, 1.807) is 0 Å². The third-order valence-electron chi connectivity index (χ3n) is 3.48. The van der Waals surface area contributed by atoms with Gasteiger partial charge in [0.15, 0.2) is 0 Å². The Morgan fingerprint density at radius 2 is 1.25 bits per heavy atom. The Balaban J connectivity index is 0.00000200. The minimum absolute atomic E-state index is 0. The van der Waals surface area contributed by atoms with Crippen molar-refractivity contribution >= 4 is 12.4 Å². The zero-order valence-corrected chi connectivity index (χ0v) is 13.1. The van der Waals surface area contributed by atoms with Crippen LogP contribution in [-0.2, 0) is 0 Å². The number of hydrogen-bond donors (Lipinski definition) is 1. The van der Waals surface area contributed by atoms with Crippen molar-refractivity contribution in [3.63, 3.8) is 0 Å². The number of benzene rings is 2. The van der Waals surface area contributed by atoms with Gasteiger partial charge in [0.1, 0.15) is 0 Å². The first-order chi connectivity index (χ1) is 9.06. The molecule has 0 atom stereocenters. The van der Waals surface area contributed by atoms with Crippen LogP contribution in [0.2, 0.25) is 0 Å². The lowest BCUT2D eigenvalue weighted by atomic mass is 9.84. The van der Waals surface area contributed by atoms with Crippen LogP contribution in [0, 0.1) is 0 Å². The minimum Gasteiger partial charge on any atom is -0.326 e. The highest BCUT2D eigenvalue weighted by molar-refractivity contribution is 5.85. The molecule has 0 saturated heterocycles. The van der Waals surface area contributed by atoms with Crippen LogP contribution in [0.3, 0.4) is 0 Å². The van der Waals surface area contributed by atoms with Gasteiger partial charge in [-0.1, -0.05) is 60.7 Å². The molecule has 108 valence electrons. The van der Waals surface area contributed by atoms with Gasteiger partial charge in [-0.3, -0.25) is 0 Å². The fourth-order valence-electron chi connectivity index (χ4n) is 2.41. The highest BCUT2D eigenvalue weighted by Gasteiger charge is 2.18. The van der Waals surface area contributed by atoms with Gasteiger partial charge >= 0.3 is 0 Å². The summed E-state index contributed by atoms with van der Waals surface area (Å²) in [5.41, 5.74) is 8.78. The number of nitrogens with two attached hydrogens (primary N) is 1. The Hall–Kier alpha value is -1.31. The smallest absolute Gasteiger partial charge is 0.00973 e. The maximum absolute atomic E-state index is 6.14. The maximum atomic E-state index is 6.14. The summed E-state index contributed by atoms with van der Waals surface area (Å²) < 4.78 is 0. The van der Waals surface area contributed by atoms with Gasteiger partial charge in [0.2, 0.25) is 0 Å². The molecule has 20 heavy (non-hydrogen) atoms. The van der Waals surface area contributed by atoms with E-state index in [0.717, 1.165) is 12.8 Å². The molecular weight excluding hydrogens is 266 g/mol. The predicted molar refractivity (Wildman–Crippen MR) is 89.5 cm³/mol. The molecule has 2 aromatic rings. The van der Waals surface area contributed by atoms with Gasteiger partial charge in [-0.2, -0.15) is 0 Å². The summed E-state index contributed by atoms with van der Waals surface area (Å²) >= 11 is 0.